The highest BCUT2D eigenvalue weighted by atomic mass is 32.1. The van der Waals surface area contributed by atoms with Crippen LogP contribution in [0.5, 0.6) is 0 Å². The fraction of sp³-hybridized carbons (Fsp3) is 0.556. The van der Waals surface area contributed by atoms with Crippen LogP contribution in [0.1, 0.15) is 22.2 Å². The number of aryl methyl sites for hydroxylation is 2. The Morgan fingerprint density at radius 1 is 1.45 bits per heavy atom. The van der Waals surface area contributed by atoms with E-state index in [0.717, 1.165) is 13.1 Å². The van der Waals surface area contributed by atoms with Gasteiger partial charge in [0.15, 0.2) is 0 Å². The number of thiophene rings is 1. The molecule has 1 N–H and O–H groups in total. The van der Waals surface area contributed by atoms with Crippen LogP contribution in [0.4, 0.5) is 0 Å². The Bertz CT molecular complexity index is 227. The minimum Gasteiger partial charge on any atom is -0.312 e. The predicted octanol–water partition coefficient (Wildman–Crippen LogP) is 2.47. The molecular weight excluding hydrogens is 154 g/mol. The van der Waals surface area contributed by atoms with E-state index in [9.17, 15) is 0 Å². The Morgan fingerprint density at radius 2 is 2.18 bits per heavy atom. The van der Waals surface area contributed by atoms with E-state index in [0.29, 0.717) is 0 Å². The molecule has 0 unspecified atom stereocenters. The molecule has 0 saturated carbocycles. The molecule has 0 aliphatic rings. The Hall–Kier alpha value is -0.340. The first kappa shape index (κ1) is 8.75. The van der Waals surface area contributed by atoms with Crippen molar-refractivity contribution in [2.75, 3.05) is 6.54 Å². The Balaban J connectivity index is 2.62. The predicted molar refractivity (Wildman–Crippen MR) is 51.2 cm³/mol. The van der Waals surface area contributed by atoms with E-state index in [-0.39, 0.29) is 0 Å². The molecule has 62 valence electrons. The average Bonchev–Trinajstić information content (AvgIpc) is 2.26. The van der Waals surface area contributed by atoms with Gasteiger partial charge in [0.25, 0.3) is 0 Å². The highest BCUT2D eigenvalue weighted by Crippen LogP contribution is 2.20. The Labute approximate surface area is 72.4 Å². The average molecular weight is 169 g/mol. The van der Waals surface area contributed by atoms with Gasteiger partial charge in [-0.2, -0.15) is 0 Å². The monoisotopic (exact) mass is 169 g/mol. The Morgan fingerprint density at radius 3 is 2.64 bits per heavy atom. The van der Waals surface area contributed by atoms with Crippen molar-refractivity contribution in [3.8, 4) is 0 Å². The second-order valence-corrected chi connectivity index (χ2v) is 4.08. The lowest BCUT2D eigenvalue weighted by atomic mass is 10.3. The first-order valence-electron chi connectivity index (χ1n) is 4.00. The molecule has 11 heavy (non-hydrogen) atoms. The molecule has 1 aromatic heterocycles. The minimum atomic E-state index is 1.03. The number of hydrogen-bond acceptors (Lipinski definition) is 2. The van der Waals surface area contributed by atoms with E-state index >= 15 is 0 Å². The summed E-state index contributed by atoms with van der Waals surface area (Å²) < 4.78 is 0. The van der Waals surface area contributed by atoms with Gasteiger partial charge in [0, 0.05) is 16.3 Å². The molecular formula is C9H15NS. The second-order valence-electron chi connectivity index (χ2n) is 2.74. The van der Waals surface area contributed by atoms with Crippen LogP contribution in [0.25, 0.3) is 0 Å². The number of rotatable bonds is 3. The summed E-state index contributed by atoms with van der Waals surface area (Å²) in [5.41, 5.74) is 1.42. The molecule has 0 atom stereocenters. The maximum atomic E-state index is 3.33. The van der Waals surface area contributed by atoms with Crippen molar-refractivity contribution in [2.24, 2.45) is 0 Å². The summed E-state index contributed by atoms with van der Waals surface area (Å²) in [4.78, 5) is 2.89. The van der Waals surface area contributed by atoms with E-state index in [1.54, 1.807) is 0 Å². The smallest absolute Gasteiger partial charge is 0.0302 e. The summed E-state index contributed by atoms with van der Waals surface area (Å²) >= 11 is 1.89. The first-order chi connectivity index (χ1) is 5.24. The summed E-state index contributed by atoms with van der Waals surface area (Å²) in [7, 11) is 0. The van der Waals surface area contributed by atoms with Crippen molar-refractivity contribution in [1.82, 2.24) is 5.32 Å². The highest BCUT2D eigenvalue weighted by molar-refractivity contribution is 7.12. The molecule has 0 aromatic carbocycles. The lowest BCUT2D eigenvalue weighted by Gasteiger charge is -1.98. The molecule has 1 aromatic rings. The van der Waals surface area contributed by atoms with Crippen molar-refractivity contribution in [1.29, 1.82) is 0 Å². The van der Waals surface area contributed by atoms with Gasteiger partial charge in [0.2, 0.25) is 0 Å². The van der Waals surface area contributed by atoms with Crippen molar-refractivity contribution in [3.63, 3.8) is 0 Å². The molecule has 1 rings (SSSR count). The van der Waals surface area contributed by atoms with E-state index < -0.39 is 0 Å². The van der Waals surface area contributed by atoms with Gasteiger partial charge in [-0.1, -0.05) is 6.92 Å². The van der Waals surface area contributed by atoms with Gasteiger partial charge in [0.05, 0.1) is 0 Å². The maximum Gasteiger partial charge on any atom is 0.0302 e. The zero-order valence-electron chi connectivity index (χ0n) is 7.40. The van der Waals surface area contributed by atoms with Crippen molar-refractivity contribution in [2.45, 2.75) is 27.3 Å². The summed E-state index contributed by atoms with van der Waals surface area (Å²) in [5, 5.41) is 3.33. The normalized spacial score (nSPS) is 10.5. The summed E-state index contributed by atoms with van der Waals surface area (Å²) in [6.45, 7) is 8.55. The van der Waals surface area contributed by atoms with E-state index in [1.807, 2.05) is 11.3 Å². The third-order valence-electron chi connectivity index (χ3n) is 1.68. The second kappa shape index (κ2) is 3.88. The Kier molecular flexibility index (Phi) is 3.09. The maximum absolute atomic E-state index is 3.33. The van der Waals surface area contributed by atoms with Gasteiger partial charge < -0.3 is 5.32 Å². The third-order valence-corrected chi connectivity index (χ3v) is 2.83. The van der Waals surface area contributed by atoms with Crippen molar-refractivity contribution < 1.29 is 0 Å². The van der Waals surface area contributed by atoms with Gasteiger partial charge >= 0.3 is 0 Å². The van der Waals surface area contributed by atoms with Crippen LogP contribution in [0.3, 0.4) is 0 Å². The minimum absolute atomic E-state index is 1.03. The van der Waals surface area contributed by atoms with Gasteiger partial charge in [-0.3, -0.25) is 0 Å². The molecule has 0 radical (unpaired) electrons. The summed E-state index contributed by atoms with van der Waals surface area (Å²) in [6.07, 6.45) is 0. The van der Waals surface area contributed by atoms with Crippen LogP contribution in [0.15, 0.2) is 6.07 Å². The van der Waals surface area contributed by atoms with Crippen LogP contribution in [0, 0.1) is 13.8 Å². The zero-order chi connectivity index (χ0) is 8.27. The molecule has 0 aliphatic heterocycles. The summed E-state index contributed by atoms with van der Waals surface area (Å²) in [6, 6.07) is 2.25. The molecule has 0 bridgehead atoms. The molecule has 2 heteroatoms. The first-order valence-corrected chi connectivity index (χ1v) is 4.82. The van der Waals surface area contributed by atoms with E-state index in [2.05, 4.69) is 32.2 Å². The standard InChI is InChI=1S/C9H15NS/c1-4-10-6-9-7(2)5-8(3)11-9/h5,10H,4,6H2,1-3H3. The fourth-order valence-corrected chi connectivity index (χ4v) is 2.12. The molecule has 0 amide bonds. The van der Waals surface area contributed by atoms with Gasteiger partial charge in [-0.15, -0.1) is 11.3 Å². The topological polar surface area (TPSA) is 12.0 Å². The quantitative estimate of drug-likeness (QED) is 0.733. The van der Waals surface area contributed by atoms with Crippen LogP contribution in [-0.2, 0) is 6.54 Å². The molecule has 0 fully saturated rings. The molecule has 1 heterocycles. The van der Waals surface area contributed by atoms with E-state index in [4.69, 9.17) is 0 Å². The molecule has 1 nitrogen and oxygen atoms in total. The van der Waals surface area contributed by atoms with Crippen LogP contribution in [0.2, 0.25) is 0 Å². The fourth-order valence-electron chi connectivity index (χ4n) is 1.10. The zero-order valence-corrected chi connectivity index (χ0v) is 8.22. The lowest BCUT2D eigenvalue weighted by Crippen LogP contribution is -2.11. The van der Waals surface area contributed by atoms with Crippen molar-refractivity contribution >= 4 is 11.3 Å². The SMILES string of the molecule is CCNCc1sc(C)cc1C. The molecule has 0 saturated heterocycles. The van der Waals surface area contributed by atoms with Crippen LogP contribution >= 0.6 is 11.3 Å². The van der Waals surface area contributed by atoms with Crippen LogP contribution in [-0.4, -0.2) is 6.54 Å². The van der Waals surface area contributed by atoms with Crippen molar-refractivity contribution in [3.05, 3.63) is 21.4 Å². The molecule has 0 aliphatic carbocycles. The van der Waals surface area contributed by atoms with E-state index in [1.165, 1.54) is 15.3 Å². The highest BCUT2D eigenvalue weighted by Gasteiger charge is 2.00. The number of nitrogens with one attached hydrogen (secondary N) is 1. The van der Waals surface area contributed by atoms with Gasteiger partial charge in [0.1, 0.15) is 0 Å². The van der Waals surface area contributed by atoms with Crippen LogP contribution < -0.4 is 5.32 Å². The van der Waals surface area contributed by atoms with Gasteiger partial charge in [-0.25, -0.2) is 0 Å². The molecule has 0 spiro atoms. The lowest BCUT2D eigenvalue weighted by molar-refractivity contribution is 0.733. The third kappa shape index (κ3) is 2.31. The van der Waals surface area contributed by atoms with Gasteiger partial charge in [-0.05, 0) is 32.0 Å². The number of hydrogen-bond donors (Lipinski definition) is 1. The largest absolute Gasteiger partial charge is 0.312 e. The summed E-state index contributed by atoms with van der Waals surface area (Å²) in [5.74, 6) is 0.